The molecule has 3 rings (SSSR count). The van der Waals surface area contributed by atoms with Gasteiger partial charge in [0.2, 0.25) is 5.91 Å². The van der Waals surface area contributed by atoms with Crippen LogP contribution in [-0.2, 0) is 11.3 Å². The number of carbonyl (C=O) groups excluding carboxylic acids is 1. The van der Waals surface area contributed by atoms with E-state index in [9.17, 15) is 4.79 Å². The number of thiazole rings is 1. The van der Waals surface area contributed by atoms with Crippen molar-refractivity contribution in [3.8, 4) is 0 Å². The van der Waals surface area contributed by atoms with Gasteiger partial charge in [0.15, 0.2) is 0 Å². The molecule has 2 fully saturated rings. The predicted octanol–water partition coefficient (Wildman–Crippen LogP) is 2.33. The van der Waals surface area contributed by atoms with Gasteiger partial charge in [0.25, 0.3) is 0 Å². The summed E-state index contributed by atoms with van der Waals surface area (Å²) in [6, 6.07) is 0.392. The van der Waals surface area contributed by atoms with Crippen LogP contribution in [0.4, 0.5) is 0 Å². The first-order valence-corrected chi connectivity index (χ1v) is 9.12. The smallest absolute Gasteiger partial charge is 0.225 e. The van der Waals surface area contributed by atoms with E-state index < -0.39 is 0 Å². The van der Waals surface area contributed by atoms with Crippen LogP contribution in [-0.4, -0.2) is 60.0 Å². The fourth-order valence-electron chi connectivity index (χ4n) is 3.49. The van der Waals surface area contributed by atoms with Gasteiger partial charge in [-0.1, -0.05) is 0 Å². The number of likely N-dealkylation sites (tertiary alicyclic amines) is 1. The summed E-state index contributed by atoms with van der Waals surface area (Å²) < 4.78 is 0. The number of amides is 1. The van der Waals surface area contributed by atoms with E-state index in [1.165, 1.54) is 5.69 Å². The SMILES string of the molecule is Cc1nc(CN2CCC(C(=O)N(C)C3CCNC3)CC2)cs1.Cl.Cl. The van der Waals surface area contributed by atoms with Gasteiger partial charge in [0.1, 0.15) is 0 Å². The van der Waals surface area contributed by atoms with Crippen molar-refractivity contribution >= 4 is 42.1 Å². The van der Waals surface area contributed by atoms with E-state index in [1.54, 1.807) is 11.3 Å². The number of piperidine rings is 1. The van der Waals surface area contributed by atoms with E-state index in [1.807, 2.05) is 18.9 Å². The van der Waals surface area contributed by atoms with E-state index in [0.717, 1.165) is 57.0 Å². The molecule has 0 saturated carbocycles. The van der Waals surface area contributed by atoms with E-state index in [0.29, 0.717) is 11.9 Å². The Morgan fingerprint density at radius 1 is 1.38 bits per heavy atom. The number of aromatic nitrogens is 1. The van der Waals surface area contributed by atoms with E-state index in [-0.39, 0.29) is 30.7 Å². The first kappa shape index (κ1) is 21.6. The lowest BCUT2D eigenvalue weighted by Crippen LogP contribution is -2.45. The lowest BCUT2D eigenvalue weighted by atomic mass is 9.94. The Hall–Kier alpha value is -0.400. The van der Waals surface area contributed by atoms with Crippen molar-refractivity contribution in [2.45, 2.75) is 38.8 Å². The molecule has 1 N–H and O–H groups in total. The van der Waals surface area contributed by atoms with Crippen LogP contribution in [0.25, 0.3) is 0 Å². The molecule has 1 aromatic heterocycles. The molecule has 1 aromatic rings. The number of hydrogen-bond acceptors (Lipinski definition) is 5. The van der Waals surface area contributed by atoms with Crippen molar-refractivity contribution in [2.24, 2.45) is 5.92 Å². The summed E-state index contributed by atoms with van der Waals surface area (Å²) in [4.78, 5) is 21.6. The van der Waals surface area contributed by atoms with Crippen LogP contribution in [0.15, 0.2) is 5.38 Å². The average Bonchev–Trinajstić information content (AvgIpc) is 3.18. The number of nitrogens with one attached hydrogen (secondary N) is 1. The maximum atomic E-state index is 12.6. The zero-order valence-corrected chi connectivity index (χ0v) is 16.8. The van der Waals surface area contributed by atoms with Crippen LogP contribution < -0.4 is 5.32 Å². The topological polar surface area (TPSA) is 48.5 Å². The molecule has 2 saturated heterocycles. The summed E-state index contributed by atoms with van der Waals surface area (Å²) in [7, 11) is 1.98. The van der Waals surface area contributed by atoms with Gasteiger partial charge in [-0.05, 0) is 45.8 Å². The highest BCUT2D eigenvalue weighted by atomic mass is 35.5. The molecule has 1 unspecified atom stereocenters. The van der Waals surface area contributed by atoms with Crippen molar-refractivity contribution in [2.75, 3.05) is 33.2 Å². The van der Waals surface area contributed by atoms with Gasteiger partial charge in [-0.15, -0.1) is 36.2 Å². The van der Waals surface area contributed by atoms with Crippen LogP contribution in [0.1, 0.15) is 30.0 Å². The Morgan fingerprint density at radius 2 is 2.08 bits per heavy atom. The minimum Gasteiger partial charge on any atom is -0.341 e. The van der Waals surface area contributed by atoms with Gasteiger partial charge in [0, 0.05) is 37.5 Å². The third-order valence-corrected chi connectivity index (χ3v) is 5.74. The Kier molecular flexibility index (Phi) is 8.95. The molecule has 1 amide bonds. The number of hydrogen-bond donors (Lipinski definition) is 1. The van der Waals surface area contributed by atoms with Gasteiger partial charge in [-0.2, -0.15) is 0 Å². The molecular weight excluding hydrogens is 367 g/mol. The molecule has 138 valence electrons. The highest BCUT2D eigenvalue weighted by Gasteiger charge is 2.31. The first-order valence-electron chi connectivity index (χ1n) is 8.24. The maximum Gasteiger partial charge on any atom is 0.225 e. The van der Waals surface area contributed by atoms with Crippen molar-refractivity contribution in [1.82, 2.24) is 20.1 Å². The number of rotatable bonds is 4. The van der Waals surface area contributed by atoms with Crippen LogP contribution >= 0.6 is 36.2 Å². The lowest BCUT2D eigenvalue weighted by Gasteiger charge is -2.34. The second-order valence-electron chi connectivity index (χ2n) is 6.50. The molecule has 0 spiro atoms. The quantitative estimate of drug-likeness (QED) is 0.850. The zero-order chi connectivity index (χ0) is 15.5. The van der Waals surface area contributed by atoms with E-state index in [4.69, 9.17) is 0 Å². The highest BCUT2D eigenvalue weighted by molar-refractivity contribution is 7.09. The largest absolute Gasteiger partial charge is 0.341 e. The fraction of sp³-hybridized carbons (Fsp3) is 0.750. The normalized spacial score (nSPS) is 21.8. The summed E-state index contributed by atoms with van der Waals surface area (Å²) in [6.45, 7) is 6.96. The molecule has 0 radical (unpaired) electrons. The molecule has 2 aliphatic heterocycles. The summed E-state index contributed by atoms with van der Waals surface area (Å²) in [5.74, 6) is 0.553. The summed E-state index contributed by atoms with van der Waals surface area (Å²) in [6.07, 6.45) is 3.04. The molecular formula is C16H28Cl2N4OS. The molecule has 5 nitrogen and oxygen atoms in total. The van der Waals surface area contributed by atoms with Crippen LogP contribution in [0.5, 0.6) is 0 Å². The van der Waals surface area contributed by atoms with Crippen LogP contribution in [0, 0.1) is 12.8 Å². The molecule has 0 aliphatic carbocycles. The number of aryl methyl sites for hydroxylation is 1. The van der Waals surface area contributed by atoms with Gasteiger partial charge >= 0.3 is 0 Å². The monoisotopic (exact) mass is 394 g/mol. The standard InChI is InChI=1S/C16H26N4OS.2ClH/c1-12-18-14(11-22-12)10-20-7-4-13(5-8-20)16(21)19(2)15-3-6-17-9-15;;/h11,13,15,17H,3-10H2,1-2H3;2*1H. The van der Waals surface area contributed by atoms with Crippen molar-refractivity contribution in [3.05, 3.63) is 16.1 Å². The zero-order valence-electron chi connectivity index (χ0n) is 14.4. The molecule has 0 bridgehead atoms. The van der Waals surface area contributed by atoms with Gasteiger partial charge in [0.05, 0.1) is 10.7 Å². The highest BCUT2D eigenvalue weighted by Crippen LogP contribution is 2.22. The van der Waals surface area contributed by atoms with Gasteiger partial charge in [-0.3, -0.25) is 9.69 Å². The summed E-state index contributed by atoms with van der Waals surface area (Å²) in [5, 5.41) is 6.62. The number of nitrogens with zero attached hydrogens (tertiary/aromatic N) is 3. The van der Waals surface area contributed by atoms with Crippen LogP contribution in [0.2, 0.25) is 0 Å². The molecule has 3 heterocycles. The molecule has 1 atom stereocenters. The van der Waals surface area contributed by atoms with E-state index >= 15 is 0 Å². The average molecular weight is 395 g/mol. The Balaban J connectivity index is 0.00000144. The molecule has 8 heteroatoms. The summed E-state index contributed by atoms with van der Waals surface area (Å²) in [5.41, 5.74) is 1.17. The first-order chi connectivity index (χ1) is 10.6. The predicted molar refractivity (Wildman–Crippen MR) is 103 cm³/mol. The van der Waals surface area contributed by atoms with Crippen molar-refractivity contribution in [3.63, 3.8) is 0 Å². The number of carbonyl (C=O) groups is 1. The molecule has 24 heavy (non-hydrogen) atoms. The Morgan fingerprint density at radius 3 is 2.62 bits per heavy atom. The summed E-state index contributed by atoms with van der Waals surface area (Å²) >= 11 is 1.71. The maximum absolute atomic E-state index is 12.6. The molecule has 2 aliphatic rings. The second kappa shape index (κ2) is 9.92. The lowest BCUT2D eigenvalue weighted by molar-refractivity contribution is -0.137. The molecule has 0 aromatic carbocycles. The van der Waals surface area contributed by atoms with Crippen molar-refractivity contribution in [1.29, 1.82) is 0 Å². The van der Waals surface area contributed by atoms with Gasteiger partial charge in [-0.25, -0.2) is 4.98 Å². The fourth-order valence-corrected chi connectivity index (χ4v) is 4.09. The minimum absolute atomic E-state index is 0. The van der Waals surface area contributed by atoms with E-state index in [2.05, 4.69) is 20.6 Å². The Bertz CT molecular complexity index is 514. The minimum atomic E-state index is 0. The third-order valence-electron chi connectivity index (χ3n) is 4.92. The van der Waals surface area contributed by atoms with Crippen LogP contribution in [0.3, 0.4) is 0 Å². The van der Waals surface area contributed by atoms with Crippen molar-refractivity contribution < 1.29 is 4.79 Å². The van der Waals surface area contributed by atoms with Gasteiger partial charge < -0.3 is 10.2 Å². The third kappa shape index (κ3) is 5.30. The Labute approximate surface area is 161 Å². The number of halogens is 2. The number of likely N-dealkylation sites (N-methyl/N-ethyl adjacent to an activating group) is 1. The second-order valence-corrected chi connectivity index (χ2v) is 7.57.